The topological polar surface area (TPSA) is 29.5 Å². The molecule has 0 spiro atoms. The molecule has 0 saturated carbocycles. The minimum atomic E-state index is -0.264. The van der Waals surface area contributed by atoms with E-state index in [9.17, 15) is 5.11 Å². The second-order valence-electron chi connectivity index (χ2n) is 4.57. The number of fused-ring (bicyclic) bond motifs is 1. The number of unbranched alkanes of at least 4 members (excludes halogenated alkanes) is 1. The summed E-state index contributed by atoms with van der Waals surface area (Å²) in [5.41, 5.74) is 1.16. The summed E-state index contributed by atoms with van der Waals surface area (Å²) in [6.45, 7) is 4.41. The van der Waals surface area contributed by atoms with Gasteiger partial charge in [-0.1, -0.05) is 24.3 Å². The molecule has 1 N–H and O–H groups in total. The molecule has 0 bridgehead atoms. The lowest BCUT2D eigenvalue weighted by Gasteiger charge is -2.29. The van der Waals surface area contributed by atoms with Crippen LogP contribution in [0.25, 0.3) is 0 Å². The normalized spacial score (nSPS) is 20.2. The number of hydrogen-bond donors (Lipinski definition) is 1. The largest absolute Gasteiger partial charge is 0.493 e. The van der Waals surface area contributed by atoms with E-state index in [1.54, 1.807) is 0 Å². The summed E-state index contributed by atoms with van der Waals surface area (Å²) in [7, 11) is 0. The quantitative estimate of drug-likeness (QED) is 0.623. The maximum atomic E-state index is 10.3. The van der Waals surface area contributed by atoms with E-state index in [1.165, 1.54) is 0 Å². The Morgan fingerprint density at radius 2 is 2.29 bits per heavy atom. The van der Waals surface area contributed by atoms with Crippen LogP contribution in [0.5, 0.6) is 5.75 Å². The Hall–Kier alpha value is -1.28. The number of aliphatic hydroxyl groups excluding tert-OH is 1. The zero-order valence-corrected chi connectivity index (χ0v) is 10.1. The Kier molecular flexibility index (Phi) is 4.21. The Balaban J connectivity index is 2.04. The van der Waals surface area contributed by atoms with Crippen LogP contribution < -0.4 is 4.74 Å². The fourth-order valence-electron chi connectivity index (χ4n) is 2.44. The lowest BCUT2D eigenvalue weighted by atomic mass is 9.86. The summed E-state index contributed by atoms with van der Waals surface area (Å²) in [5, 5.41) is 10.3. The summed E-state index contributed by atoms with van der Waals surface area (Å²) in [6.07, 6.45) is 5.37. The van der Waals surface area contributed by atoms with Crippen LogP contribution in [0.4, 0.5) is 0 Å². The lowest BCUT2D eigenvalue weighted by molar-refractivity contribution is 0.107. The SMILES string of the molecule is C=CCCCC(O)C1CCOc2ccccc21. The van der Waals surface area contributed by atoms with Gasteiger partial charge in [-0.05, 0) is 37.3 Å². The first-order chi connectivity index (χ1) is 8.33. The van der Waals surface area contributed by atoms with Crippen LogP contribution in [-0.2, 0) is 0 Å². The minimum absolute atomic E-state index is 0.227. The number of aliphatic hydroxyl groups is 1. The van der Waals surface area contributed by atoms with Crippen molar-refractivity contribution in [2.45, 2.75) is 37.7 Å². The lowest BCUT2D eigenvalue weighted by Crippen LogP contribution is -2.24. The molecule has 0 amide bonds. The van der Waals surface area contributed by atoms with Crippen molar-refractivity contribution in [3.8, 4) is 5.75 Å². The van der Waals surface area contributed by atoms with E-state index in [0.29, 0.717) is 6.61 Å². The first-order valence-electron chi connectivity index (χ1n) is 6.33. The van der Waals surface area contributed by atoms with E-state index in [2.05, 4.69) is 12.6 Å². The van der Waals surface area contributed by atoms with Gasteiger partial charge in [0.05, 0.1) is 12.7 Å². The van der Waals surface area contributed by atoms with E-state index in [4.69, 9.17) is 4.74 Å². The van der Waals surface area contributed by atoms with Crippen LogP contribution in [-0.4, -0.2) is 17.8 Å². The van der Waals surface area contributed by atoms with Gasteiger partial charge in [0.2, 0.25) is 0 Å². The molecule has 1 aromatic rings. The van der Waals surface area contributed by atoms with E-state index in [1.807, 2.05) is 24.3 Å². The molecule has 0 fully saturated rings. The zero-order valence-electron chi connectivity index (χ0n) is 10.1. The third kappa shape index (κ3) is 2.89. The van der Waals surface area contributed by atoms with Gasteiger partial charge < -0.3 is 9.84 Å². The summed E-state index contributed by atoms with van der Waals surface area (Å²) < 4.78 is 5.60. The monoisotopic (exact) mass is 232 g/mol. The van der Waals surface area contributed by atoms with Crippen LogP contribution in [0.2, 0.25) is 0 Å². The first kappa shape index (κ1) is 12.2. The minimum Gasteiger partial charge on any atom is -0.493 e. The Labute approximate surface area is 103 Å². The van der Waals surface area contributed by atoms with Crippen molar-refractivity contribution < 1.29 is 9.84 Å². The van der Waals surface area contributed by atoms with E-state index < -0.39 is 0 Å². The van der Waals surface area contributed by atoms with Crippen molar-refractivity contribution in [3.05, 3.63) is 42.5 Å². The fraction of sp³-hybridized carbons (Fsp3) is 0.467. The number of allylic oxidation sites excluding steroid dienone is 1. The van der Waals surface area contributed by atoms with Crippen LogP contribution in [0.1, 0.15) is 37.2 Å². The highest BCUT2D eigenvalue weighted by molar-refractivity contribution is 5.38. The maximum Gasteiger partial charge on any atom is 0.122 e. The van der Waals surface area contributed by atoms with E-state index in [0.717, 1.165) is 37.0 Å². The fourth-order valence-corrected chi connectivity index (χ4v) is 2.44. The van der Waals surface area contributed by atoms with Gasteiger partial charge in [0.25, 0.3) is 0 Å². The molecule has 0 aromatic heterocycles. The van der Waals surface area contributed by atoms with E-state index >= 15 is 0 Å². The first-order valence-corrected chi connectivity index (χ1v) is 6.33. The van der Waals surface area contributed by atoms with Crippen molar-refractivity contribution >= 4 is 0 Å². The molecule has 2 nitrogen and oxygen atoms in total. The Morgan fingerprint density at radius 3 is 3.12 bits per heavy atom. The van der Waals surface area contributed by atoms with Gasteiger partial charge >= 0.3 is 0 Å². The Morgan fingerprint density at radius 1 is 1.47 bits per heavy atom. The molecule has 17 heavy (non-hydrogen) atoms. The summed E-state index contributed by atoms with van der Waals surface area (Å²) >= 11 is 0. The van der Waals surface area contributed by atoms with Gasteiger partial charge in [-0.25, -0.2) is 0 Å². The molecule has 2 rings (SSSR count). The third-order valence-electron chi connectivity index (χ3n) is 3.38. The predicted molar refractivity (Wildman–Crippen MR) is 69.3 cm³/mol. The van der Waals surface area contributed by atoms with Crippen LogP contribution in [0, 0.1) is 0 Å². The second-order valence-corrected chi connectivity index (χ2v) is 4.57. The number of para-hydroxylation sites is 1. The van der Waals surface area contributed by atoms with Crippen molar-refractivity contribution in [1.82, 2.24) is 0 Å². The van der Waals surface area contributed by atoms with Crippen molar-refractivity contribution in [2.75, 3.05) is 6.61 Å². The number of ether oxygens (including phenoxy) is 1. The summed E-state index contributed by atoms with van der Waals surface area (Å²) in [6, 6.07) is 8.04. The molecule has 1 aromatic carbocycles. The molecule has 0 radical (unpaired) electrons. The molecule has 92 valence electrons. The zero-order chi connectivity index (χ0) is 12.1. The second kappa shape index (κ2) is 5.87. The van der Waals surface area contributed by atoms with Crippen LogP contribution >= 0.6 is 0 Å². The smallest absolute Gasteiger partial charge is 0.122 e. The van der Waals surface area contributed by atoms with E-state index in [-0.39, 0.29) is 12.0 Å². The average molecular weight is 232 g/mol. The molecule has 2 atom stereocenters. The van der Waals surface area contributed by atoms with Crippen LogP contribution in [0.3, 0.4) is 0 Å². The molecule has 1 heterocycles. The highest BCUT2D eigenvalue weighted by atomic mass is 16.5. The molecular formula is C15H20O2. The van der Waals surface area contributed by atoms with Gasteiger partial charge in [0.15, 0.2) is 0 Å². The predicted octanol–water partition coefficient (Wildman–Crippen LogP) is 3.27. The van der Waals surface area contributed by atoms with Gasteiger partial charge in [-0.3, -0.25) is 0 Å². The Bertz CT molecular complexity index is 373. The van der Waals surface area contributed by atoms with Gasteiger partial charge in [0.1, 0.15) is 5.75 Å². The molecule has 2 heteroatoms. The van der Waals surface area contributed by atoms with Crippen molar-refractivity contribution in [1.29, 1.82) is 0 Å². The third-order valence-corrected chi connectivity index (χ3v) is 3.38. The molecule has 0 saturated heterocycles. The highest BCUT2D eigenvalue weighted by Gasteiger charge is 2.26. The molecule has 0 aliphatic carbocycles. The molecular weight excluding hydrogens is 212 g/mol. The van der Waals surface area contributed by atoms with Crippen molar-refractivity contribution in [2.24, 2.45) is 0 Å². The number of hydrogen-bond acceptors (Lipinski definition) is 2. The number of rotatable bonds is 5. The van der Waals surface area contributed by atoms with Gasteiger partial charge in [-0.15, -0.1) is 6.58 Å². The molecule has 1 aliphatic rings. The van der Waals surface area contributed by atoms with Crippen molar-refractivity contribution in [3.63, 3.8) is 0 Å². The maximum absolute atomic E-state index is 10.3. The standard InChI is InChI=1S/C15H20O2/c1-2-3-4-8-14(16)12-10-11-17-15-9-6-5-7-13(12)15/h2,5-7,9,12,14,16H,1,3-4,8,10-11H2. The highest BCUT2D eigenvalue weighted by Crippen LogP contribution is 2.36. The van der Waals surface area contributed by atoms with Gasteiger partial charge in [0, 0.05) is 5.92 Å². The molecule has 1 aliphatic heterocycles. The van der Waals surface area contributed by atoms with Gasteiger partial charge in [-0.2, -0.15) is 0 Å². The summed E-state index contributed by atoms with van der Waals surface area (Å²) in [4.78, 5) is 0. The molecule has 2 unspecified atom stereocenters. The van der Waals surface area contributed by atoms with Crippen LogP contribution in [0.15, 0.2) is 36.9 Å². The summed E-state index contributed by atoms with van der Waals surface area (Å²) in [5.74, 6) is 1.16. The average Bonchev–Trinajstić information content (AvgIpc) is 2.38. The number of benzene rings is 1.